The van der Waals surface area contributed by atoms with Gasteiger partial charge < -0.3 is 4.43 Å². The second-order valence-electron chi connectivity index (χ2n) is 8.36. The van der Waals surface area contributed by atoms with E-state index in [1.807, 2.05) is 0 Å². The van der Waals surface area contributed by atoms with E-state index in [9.17, 15) is 0 Å². The molecule has 29 heavy (non-hydrogen) atoms. The van der Waals surface area contributed by atoms with Gasteiger partial charge in [0.25, 0.3) is 8.32 Å². The van der Waals surface area contributed by atoms with E-state index in [0.29, 0.717) is 0 Å². The third-order valence-electron chi connectivity index (χ3n) is 5.34. The summed E-state index contributed by atoms with van der Waals surface area (Å²) < 4.78 is 7.12. The van der Waals surface area contributed by atoms with Crippen molar-refractivity contribution in [1.82, 2.24) is 0 Å². The molecule has 0 heterocycles. The summed E-state index contributed by atoms with van der Waals surface area (Å²) in [6.07, 6.45) is 3.09. The van der Waals surface area contributed by atoms with Crippen LogP contribution in [0.2, 0.25) is 5.04 Å². The van der Waals surface area contributed by atoms with Gasteiger partial charge in [-0.15, -0.1) is 0 Å². The summed E-state index contributed by atoms with van der Waals surface area (Å²) in [6, 6.07) is 21.6. The van der Waals surface area contributed by atoms with Crippen molar-refractivity contribution in [3.05, 3.63) is 60.7 Å². The lowest BCUT2D eigenvalue weighted by Gasteiger charge is -2.47. The number of halogens is 4. The van der Waals surface area contributed by atoms with Gasteiger partial charge in [0, 0.05) is 10.7 Å². The zero-order chi connectivity index (χ0) is 21.5. The Morgan fingerprint density at radius 1 is 0.828 bits per heavy atom. The molecule has 160 valence electrons. The van der Waals surface area contributed by atoms with Gasteiger partial charge in [0.1, 0.15) is 5.01 Å². The molecule has 0 radical (unpaired) electrons. The summed E-state index contributed by atoms with van der Waals surface area (Å²) in [5.41, 5.74) is 0. The minimum Gasteiger partial charge on any atom is -0.394 e. The quantitative estimate of drug-likeness (QED) is 0.190. The molecule has 0 saturated heterocycles. The summed E-state index contributed by atoms with van der Waals surface area (Å²) in [5, 5.41) is 4.36. The molecular weight excluding hydrogens is 640 g/mol. The monoisotopic (exact) mass is 666 g/mol. The molecule has 0 aliphatic carbocycles. The van der Waals surface area contributed by atoms with Gasteiger partial charge in [-0.2, -0.15) is 0 Å². The topological polar surface area (TPSA) is 9.23 Å². The lowest BCUT2D eigenvalue weighted by Crippen LogP contribution is -2.68. The minimum absolute atomic E-state index is 0.0422. The van der Waals surface area contributed by atoms with E-state index in [1.165, 1.54) is 10.4 Å². The van der Waals surface area contributed by atoms with E-state index in [0.717, 1.165) is 29.9 Å². The van der Waals surface area contributed by atoms with E-state index >= 15 is 0 Å². The van der Waals surface area contributed by atoms with Crippen molar-refractivity contribution in [2.75, 3.05) is 10.7 Å². The van der Waals surface area contributed by atoms with Crippen molar-refractivity contribution >= 4 is 82.4 Å². The summed E-state index contributed by atoms with van der Waals surface area (Å²) in [7, 11) is -2.59. The fourth-order valence-electron chi connectivity index (χ4n) is 3.82. The molecule has 0 bridgehead atoms. The van der Waals surface area contributed by atoms with Gasteiger partial charge in [0.2, 0.25) is 0 Å². The van der Waals surface area contributed by atoms with Crippen LogP contribution in [0.5, 0.6) is 0 Å². The Bertz CT molecular complexity index is 696. The van der Waals surface area contributed by atoms with Gasteiger partial charge in [-0.3, -0.25) is 0 Å². The highest BCUT2D eigenvalue weighted by atomic mass is 79.9. The predicted octanol–water partition coefficient (Wildman–Crippen LogP) is 7.38. The van der Waals surface area contributed by atoms with Crippen molar-refractivity contribution in [2.45, 2.75) is 54.4 Å². The van der Waals surface area contributed by atoms with Crippen molar-refractivity contribution in [1.29, 1.82) is 0 Å². The molecule has 2 atom stereocenters. The largest absolute Gasteiger partial charge is 0.394 e. The van der Waals surface area contributed by atoms with Gasteiger partial charge in [-0.05, 0) is 34.7 Å². The van der Waals surface area contributed by atoms with Crippen molar-refractivity contribution in [3.8, 4) is 0 Å². The number of hydrogen-bond acceptors (Lipinski definition) is 1. The first-order chi connectivity index (χ1) is 13.7. The van der Waals surface area contributed by atoms with Gasteiger partial charge in [0.05, 0.1) is 4.32 Å². The third kappa shape index (κ3) is 6.07. The fourth-order valence-corrected chi connectivity index (χ4v) is 11.9. The average molecular weight is 670 g/mol. The lowest BCUT2D eigenvalue weighted by molar-refractivity contribution is 0.222. The normalized spacial score (nSPS) is 15.7. The van der Waals surface area contributed by atoms with Gasteiger partial charge in [0.15, 0.2) is 0 Å². The van der Waals surface area contributed by atoms with Crippen molar-refractivity contribution in [2.24, 2.45) is 0 Å². The molecule has 1 nitrogen and oxygen atoms in total. The smallest absolute Gasteiger partial charge is 0.262 e. The van der Waals surface area contributed by atoms with Crippen LogP contribution in [0, 0.1) is 0 Å². The van der Waals surface area contributed by atoms with E-state index in [4.69, 9.17) is 4.43 Å². The molecule has 0 aromatic heterocycles. The molecule has 0 saturated carbocycles. The number of hydrogen-bond donors (Lipinski definition) is 0. The zero-order valence-corrected chi connectivity index (χ0v) is 24.7. The van der Waals surface area contributed by atoms with Crippen LogP contribution < -0.4 is 10.4 Å². The molecule has 2 aromatic carbocycles. The van der Waals surface area contributed by atoms with Gasteiger partial charge in [-0.1, -0.05) is 145 Å². The molecule has 0 amide bonds. The van der Waals surface area contributed by atoms with Crippen LogP contribution >= 0.6 is 63.7 Å². The Kier molecular flexibility index (Phi) is 10.2. The molecule has 1 unspecified atom stereocenters. The molecule has 2 rings (SSSR count). The average Bonchev–Trinajstić information content (AvgIpc) is 2.71. The van der Waals surface area contributed by atoms with Crippen LogP contribution in [0.15, 0.2) is 60.7 Å². The van der Waals surface area contributed by atoms with E-state index < -0.39 is 8.32 Å². The molecule has 0 N–H and O–H groups in total. The van der Waals surface area contributed by atoms with Crippen molar-refractivity contribution in [3.63, 3.8) is 0 Å². The Morgan fingerprint density at radius 2 is 1.31 bits per heavy atom. The maximum Gasteiger partial charge on any atom is 0.262 e. The van der Waals surface area contributed by atoms with Crippen LogP contribution in [0.25, 0.3) is 0 Å². The standard InChI is InChI=1S/C23H30Br4OSi/c1-22(2,3)29(19-11-6-4-7-12-19,20-13-8-5-9-14-20)28-21(26)23(27,16-18-25)15-10-17-24/h4-9,11-14,21H,10,15-18H2,1-3H3/t21-,23?/m1/s1. The minimum atomic E-state index is -2.59. The highest BCUT2D eigenvalue weighted by Gasteiger charge is 2.53. The van der Waals surface area contributed by atoms with Gasteiger partial charge in [-0.25, -0.2) is 0 Å². The molecule has 0 fully saturated rings. The van der Waals surface area contributed by atoms with Crippen LogP contribution in [0.4, 0.5) is 0 Å². The Balaban J connectivity index is 2.61. The molecule has 0 aliphatic rings. The summed E-state index contributed by atoms with van der Waals surface area (Å²) in [4.78, 5) is 0. The Morgan fingerprint density at radius 3 is 1.69 bits per heavy atom. The van der Waals surface area contributed by atoms with Gasteiger partial charge >= 0.3 is 0 Å². The highest BCUT2D eigenvalue weighted by Crippen LogP contribution is 2.44. The van der Waals surface area contributed by atoms with Crippen LogP contribution in [-0.4, -0.2) is 28.3 Å². The first-order valence-electron chi connectivity index (χ1n) is 9.95. The zero-order valence-electron chi connectivity index (χ0n) is 17.3. The Labute approximate surface area is 211 Å². The van der Waals surface area contributed by atoms with Crippen LogP contribution in [-0.2, 0) is 4.43 Å². The molecule has 2 aromatic rings. The number of benzene rings is 2. The van der Waals surface area contributed by atoms with Crippen LogP contribution in [0.3, 0.4) is 0 Å². The predicted molar refractivity (Wildman–Crippen MR) is 145 cm³/mol. The SMILES string of the molecule is CC(C)(C)[Si](O[C@@H](Br)C(Br)(CCBr)CCCBr)(c1ccccc1)c1ccccc1. The second-order valence-corrected chi connectivity index (χ2v) is 16.6. The van der Waals surface area contributed by atoms with Crippen molar-refractivity contribution < 1.29 is 4.43 Å². The fraction of sp³-hybridized carbons (Fsp3) is 0.478. The van der Waals surface area contributed by atoms with Crippen LogP contribution in [0.1, 0.15) is 40.0 Å². The summed E-state index contributed by atoms with van der Waals surface area (Å²) >= 11 is 15.3. The Hall–Kier alpha value is 0.537. The number of rotatable bonds is 10. The lowest BCUT2D eigenvalue weighted by atomic mass is 10.0. The maximum atomic E-state index is 7.26. The van der Waals surface area contributed by atoms with E-state index in [1.54, 1.807) is 0 Å². The molecule has 0 aliphatic heterocycles. The summed E-state index contributed by atoms with van der Waals surface area (Å²) in [6.45, 7) is 6.95. The molecule has 0 spiro atoms. The third-order valence-corrected chi connectivity index (χ3v) is 14.5. The van der Waals surface area contributed by atoms with E-state index in [-0.39, 0.29) is 14.4 Å². The molecule has 6 heteroatoms. The first-order valence-corrected chi connectivity index (χ1v) is 15.8. The van der Waals surface area contributed by atoms with E-state index in [2.05, 4.69) is 145 Å². The maximum absolute atomic E-state index is 7.26. The first kappa shape index (κ1) is 25.8. The summed E-state index contributed by atoms with van der Waals surface area (Å²) in [5.74, 6) is 0. The number of alkyl halides is 4. The highest BCUT2D eigenvalue weighted by molar-refractivity contribution is 9.12. The second kappa shape index (κ2) is 11.4. The molecular formula is C23H30Br4OSi.